The van der Waals surface area contributed by atoms with Gasteiger partial charge in [0.25, 0.3) is 0 Å². The molecule has 23 heavy (non-hydrogen) atoms. The van der Waals surface area contributed by atoms with Gasteiger partial charge >= 0.3 is 0 Å². The van der Waals surface area contributed by atoms with Gasteiger partial charge in [-0.25, -0.2) is 0 Å². The zero-order valence-corrected chi connectivity index (χ0v) is 15.2. The van der Waals surface area contributed by atoms with Crippen molar-refractivity contribution in [1.29, 1.82) is 0 Å². The molecule has 2 unspecified atom stereocenters. The molecule has 1 aromatic rings. The van der Waals surface area contributed by atoms with Crippen molar-refractivity contribution in [3.63, 3.8) is 0 Å². The number of hydrogen-bond acceptors (Lipinski definition) is 4. The van der Waals surface area contributed by atoms with Gasteiger partial charge in [-0.05, 0) is 29.5 Å². The highest BCUT2D eigenvalue weighted by atomic mass is 16.5. The first-order valence-corrected chi connectivity index (χ1v) is 8.78. The maximum Gasteiger partial charge on any atom is 0.142 e. The Morgan fingerprint density at radius 2 is 1.39 bits per heavy atom. The van der Waals surface area contributed by atoms with Gasteiger partial charge < -0.3 is 20.7 Å². The van der Waals surface area contributed by atoms with Gasteiger partial charge in [0.15, 0.2) is 0 Å². The lowest BCUT2D eigenvalue weighted by molar-refractivity contribution is 0.0972. The van der Waals surface area contributed by atoms with E-state index in [4.69, 9.17) is 10.5 Å². The number of aliphatic hydroxyl groups excluding tert-OH is 2. The first kappa shape index (κ1) is 19.8. The number of nitrogens with two attached hydrogens (primary N) is 1. The van der Waals surface area contributed by atoms with Crippen LogP contribution in [0.5, 0.6) is 5.75 Å². The molecule has 0 bridgehead atoms. The summed E-state index contributed by atoms with van der Waals surface area (Å²) in [5.74, 6) is 0.844. The van der Waals surface area contributed by atoms with Crippen molar-refractivity contribution in [1.82, 2.24) is 0 Å². The molecule has 0 aliphatic carbocycles. The molecule has 132 valence electrons. The number of methoxy groups -OCH3 is 1. The number of anilines is 1. The van der Waals surface area contributed by atoms with Crippen LogP contribution in [-0.4, -0.2) is 17.3 Å². The van der Waals surface area contributed by atoms with E-state index in [1.54, 1.807) is 13.2 Å². The maximum absolute atomic E-state index is 10.7. The Hall–Kier alpha value is -1.26. The topological polar surface area (TPSA) is 75.7 Å². The van der Waals surface area contributed by atoms with E-state index < -0.39 is 12.2 Å². The molecule has 0 heterocycles. The van der Waals surface area contributed by atoms with Crippen molar-refractivity contribution in [2.45, 2.75) is 65.6 Å². The van der Waals surface area contributed by atoms with Crippen LogP contribution in [0.3, 0.4) is 0 Å². The molecule has 0 radical (unpaired) electrons. The lowest BCUT2D eigenvalue weighted by Crippen LogP contribution is -2.16. The van der Waals surface area contributed by atoms with Crippen LogP contribution in [0.4, 0.5) is 5.69 Å². The Labute approximate surface area is 140 Å². The summed E-state index contributed by atoms with van der Waals surface area (Å²) in [5, 5.41) is 21.4. The van der Waals surface area contributed by atoms with Gasteiger partial charge in [-0.1, -0.05) is 53.4 Å². The Balaban J connectivity index is 3.33. The van der Waals surface area contributed by atoms with Gasteiger partial charge in [0.05, 0.1) is 25.0 Å². The molecule has 0 aliphatic heterocycles. The quantitative estimate of drug-likeness (QED) is 0.595. The number of nitrogen functional groups attached to an aromatic ring is 1. The Morgan fingerprint density at radius 3 is 1.83 bits per heavy atom. The maximum atomic E-state index is 10.7. The highest BCUT2D eigenvalue weighted by molar-refractivity contribution is 5.61. The smallest absolute Gasteiger partial charge is 0.142 e. The van der Waals surface area contributed by atoms with E-state index in [9.17, 15) is 10.2 Å². The average molecular weight is 323 g/mol. The second-order valence-corrected chi connectivity index (χ2v) is 6.27. The van der Waals surface area contributed by atoms with Gasteiger partial charge in [-0.2, -0.15) is 0 Å². The summed E-state index contributed by atoms with van der Waals surface area (Å²) in [4.78, 5) is 0. The minimum absolute atomic E-state index is 0.141. The van der Waals surface area contributed by atoms with Crippen LogP contribution in [0.25, 0.3) is 0 Å². The molecule has 4 N–H and O–H groups in total. The summed E-state index contributed by atoms with van der Waals surface area (Å²) >= 11 is 0. The normalized spacial score (nSPS) is 14.3. The van der Waals surface area contributed by atoms with E-state index in [2.05, 4.69) is 27.7 Å². The molecule has 1 rings (SSSR count). The van der Waals surface area contributed by atoms with Crippen LogP contribution < -0.4 is 10.5 Å². The average Bonchev–Trinajstić information content (AvgIpc) is 2.56. The van der Waals surface area contributed by atoms with Crippen LogP contribution in [-0.2, 0) is 0 Å². The number of aliphatic hydroxyl groups is 2. The van der Waals surface area contributed by atoms with Crippen molar-refractivity contribution in [2.24, 2.45) is 11.8 Å². The minimum Gasteiger partial charge on any atom is -0.495 e. The van der Waals surface area contributed by atoms with E-state index in [-0.39, 0.29) is 11.8 Å². The monoisotopic (exact) mass is 323 g/mol. The molecule has 2 atom stereocenters. The number of rotatable bonds is 9. The summed E-state index contributed by atoms with van der Waals surface area (Å²) in [7, 11) is 1.56. The largest absolute Gasteiger partial charge is 0.495 e. The molecule has 0 aliphatic rings. The third-order valence-corrected chi connectivity index (χ3v) is 5.07. The van der Waals surface area contributed by atoms with Crippen LogP contribution in [0.2, 0.25) is 0 Å². The highest BCUT2D eigenvalue weighted by Gasteiger charge is 2.25. The van der Waals surface area contributed by atoms with Gasteiger partial charge in [0.2, 0.25) is 0 Å². The standard InChI is InChI=1S/C19H33NO3/c1-6-12(7-2)18(21)14-10-15(17(20)16(11-14)23-5)19(22)13(8-3)9-4/h10-13,18-19,21-22H,6-9,20H2,1-5H3. The van der Waals surface area contributed by atoms with Gasteiger partial charge in [0, 0.05) is 5.56 Å². The summed E-state index contributed by atoms with van der Waals surface area (Å²) in [6.45, 7) is 8.28. The molecule has 0 saturated heterocycles. The predicted octanol–water partition coefficient (Wildman–Crippen LogP) is 4.22. The SMILES string of the molecule is CCC(CC)C(O)c1cc(OC)c(N)c(C(O)C(CC)CC)c1. The minimum atomic E-state index is -0.646. The number of ether oxygens (including phenoxy) is 1. The third-order valence-electron chi connectivity index (χ3n) is 5.07. The molecular formula is C19H33NO3. The fourth-order valence-corrected chi connectivity index (χ4v) is 3.25. The van der Waals surface area contributed by atoms with E-state index in [0.29, 0.717) is 17.0 Å². The van der Waals surface area contributed by atoms with Crippen molar-refractivity contribution < 1.29 is 14.9 Å². The summed E-state index contributed by atoms with van der Waals surface area (Å²) < 4.78 is 5.37. The van der Waals surface area contributed by atoms with E-state index >= 15 is 0 Å². The van der Waals surface area contributed by atoms with Crippen molar-refractivity contribution in [3.05, 3.63) is 23.3 Å². The van der Waals surface area contributed by atoms with Crippen molar-refractivity contribution in [2.75, 3.05) is 12.8 Å². The van der Waals surface area contributed by atoms with E-state index in [0.717, 1.165) is 31.2 Å². The van der Waals surface area contributed by atoms with Gasteiger partial charge in [-0.15, -0.1) is 0 Å². The molecule has 0 saturated carbocycles. The third kappa shape index (κ3) is 4.39. The van der Waals surface area contributed by atoms with Gasteiger partial charge in [0.1, 0.15) is 5.75 Å². The molecule has 1 aromatic carbocycles. The first-order valence-electron chi connectivity index (χ1n) is 8.78. The highest BCUT2D eigenvalue weighted by Crippen LogP contribution is 2.39. The van der Waals surface area contributed by atoms with E-state index in [1.807, 2.05) is 6.07 Å². The molecule has 4 nitrogen and oxygen atoms in total. The predicted molar refractivity (Wildman–Crippen MR) is 95.5 cm³/mol. The summed E-state index contributed by atoms with van der Waals surface area (Å²) in [6, 6.07) is 3.64. The second kappa shape index (κ2) is 9.14. The van der Waals surface area contributed by atoms with Crippen LogP contribution >= 0.6 is 0 Å². The number of hydrogen-bond donors (Lipinski definition) is 3. The number of benzene rings is 1. The molecule has 0 amide bonds. The zero-order chi connectivity index (χ0) is 17.6. The van der Waals surface area contributed by atoms with Gasteiger partial charge in [-0.3, -0.25) is 0 Å². The van der Waals surface area contributed by atoms with Crippen LogP contribution in [0, 0.1) is 11.8 Å². The van der Waals surface area contributed by atoms with Crippen molar-refractivity contribution >= 4 is 5.69 Å². The Bertz CT molecular complexity index is 482. The molecule has 0 aromatic heterocycles. The molecule has 4 heteroatoms. The lowest BCUT2D eigenvalue weighted by atomic mass is 9.86. The fraction of sp³-hybridized carbons (Fsp3) is 0.684. The zero-order valence-electron chi connectivity index (χ0n) is 15.2. The second-order valence-electron chi connectivity index (χ2n) is 6.27. The lowest BCUT2D eigenvalue weighted by Gasteiger charge is -2.26. The van der Waals surface area contributed by atoms with E-state index in [1.165, 1.54) is 0 Å². The molecule has 0 fully saturated rings. The van der Waals surface area contributed by atoms with Crippen LogP contribution in [0.1, 0.15) is 76.7 Å². The fourth-order valence-electron chi connectivity index (χ4n) is 3.25. The molecular weight excluding hydrogens is 290 g/mol. The summed E-state index contributed by atoms with van der Waals surface area (Å²) in [6.07, 6.45) is 2.32. The molecule has 0 spiro atoms. The Morgan fingerprint density at radius 1 is 0.913 bits per heavy atom. The van der Waals surface area contributed by atoms with Crippen LogP contribution in [0.15, 0.2) is 12.1 Å². The van der Waals surface area contributed by atoms with Crippen molar-refractivity contribution in [3.8, 4) is 5.75 Å². The Kier molecular flexibility index (Phi) is 7.86. The summed E-state index contributed by atoms with van der Waals surface area (Å²) in [5.41, 5.74) is 8.08. The first-order chi connectivity index (χ1) is 10.9.